The standard InChI is InChI=1S/C27H29N3O5/c1-17-24(19-6-3-7-21(13-19)34-12-11-31)22-14-20(15-23(25(22)35-17)27(33)28-2)26(32)30-10-8-18-5-4-9-29-16-18/h3-7,9,13-17,24,31H,8,10-12H2,1-2H3,(H,28,33)(H,30,32)/t17?,24-/m0/s1. The zero-order valence-electron chi connectivity index (χ0n) is 19.8. The van der Waals surface area contributed by atoms with Gasteiger partial charge in [0.15, 0.2) is 0 Å². The van der Waals surface area contributed by atoms with Gasteiger partial charge in [0, 0.05) is 43.0 Å². The molecule has 0 radical (unpaired) electrons. The van der Waals surface area contributed by atoms with Crippen LogP contribution in [0.1, 0.15) is 50.2 Å². The van der Waals surface area contributed by atoms with Crippen LogP contribution >= 0.6 is 0 Å². The minimum Gasteiger partial charge on any atom is -0.491 e. The highest BCUT2D eigenvalue weighted by atomic mass is 16.5. The van der Waals surface area contributed by atoms with Crippen molar-refractivity contribution in [2.75, 3.05) is 26.8 Å². The van der Waals surface area contributed by atoms with Crippen LogP contribution in [-0.4, -0.2) is 54.8 Å². The van der Waals surface area contributed by atoms with Crippen LogP contribution in [-0.2, 0) is 6.42 Å². The van der Waals surface area contributed by atoms with Gasteiger partial charge in [-0.05, 0) is 54.8 Å². The Labute approximate surface area is 204 Å². The van der Waals surface area contributed by atoms with Crippen molar-refractivity contribution in [2.45, 2.75) is 25.4 Å². The number of hydrogen-bond acceptors (Lipinski definition) is 6. The van der Waals surface area contributed by atoms with Gasteiger partial charge in [-0.1, -0.05) is 18.2 Å². The van der Waals surface area contributed by atoms with Crippen molar-refractivity contribution in [1.29, 1.82) is 0 Å². The molecule has 0 saturated carbocycles. The number of hydrogen-bond donors (Lipinski definition) is 3. The van der Waals surface area contributed by atoms with Gasteiger partial charge in [0.1, 0.15) is 24.2 Å². The van der Waals surface area contributed by atoms with E-state index in [0.29, 0.717) is 35.6 Å². The third-order valence-electron chi connectivity index (χ3n) is 5.96. The molecule has 4 rings (SSSR count). The molecule has 2 amide bonds. The van der Waals surface area contributed by atoms with Crippen molar-refractivity contribution >= 4 is 11.8 Å². The molecular formula is C27H29N3O5. The van der Waals surface area contributed by atoms with E-state index >= 15 is 0 Å². The molecule has 2 atom stereocenters. The van der Waals surface area contributed by atoms with Crippen LogP contribution in [0.2, 0.25) is 0 Å². The van der Waals surface area contributed by atoms with Gasteiger partial charge in [-0.3, -0.25) is 14.6 Å². The number of aromatic nitrogens is 1. The molecule has 2 aromatic carbocycles. The van der Waals surface area contributed by atoms with Crippen LogP contribution in [0.15, 0.2) is 60.9 Å². The third-order valence-corrected chi connectivity index (χ3v) is 5.96. The van der Waals surface area contributed by atoms with Crippen molar-refractivity contribution in [3.63, 3.8) is 0 Å². The van der Waals surface area contributed by atoms with Gasteiger partial charge in [0.2, 0.25) is 0 Å². The summed E-state index contributed by atoms with van der Waals surface area (Å²) in [6.07, 6.45) is 3.87. The molecule has 1 aliphatic heterocycles. The highest BCUT2D eigenvalue weighted by molar-refractivity contribution is 6.02. The van der Waals surface area contributed by atoms with Crippen LogP contribution in [0.3, 0.4) is 0 Å². The average molecular weight is 476 g/mol. The number of aliphatic hydroxyl groups excluding tert-OH is 1. The molecular weight excluding hydrogens is 446 g/mol. The van der Waals surface area contributed by atoms with Gasteiger partial charge in [0.05, 0.1) is 12.2 Å². The first-order chi connectivity index (χ1) is 17.0. The Morgan fingerprint density at radius 3 is 2.74 bits per heavy atom. The Bertz CT molecular complexity index is 1200. The van der Waals surface area contributed by atoms with Crippen molar-refractivity contribution in [3.05, 3.63) is 88.7 Å². The van der Waals surface area contributed by atoms with Crippen LogP contribution in [0.5, 0.6) is 11.5 Å². The van der Waals surface area contributed by atoms with E-state index < -0.39 is 0 Å². The monoisotopic (exact) mass is 475 g/mol. The Morgan fingerprint density at radius 1 is 1.14 bits per heavy atom. The number of ether oxygens (including phenoxy) is 2. The molecule has 1 aromatic heterocycles. The van der Waals surface area contributed by atoms with E-state index in [0.717, 1.165) is 16.7 Å². The predicted molar refractivity (Wildman–Crippen MR) is 131 cm³/mol. The van der Waals surface area contributed by atoms with Crippen molar-refractivity contribution in [1.82, 2.24) is 15.6 Å². The van der Waals surface area contributed by atoms with Crippen LogP contribution < -0.4 is 20.1 Å². The van der Waals surface area contributed by atoms with Crippen molar-refractivity contribution < 1.29 is 24.2 Å². The normalized spacial score (nSPS) is 16.2. The second-order valence-electron chi connectivity index (χ2n) is 8.33. The zero-order valence-corrected chi connectivity index (χ0v) is 19.8. The van der Waals surface area contributed by atoms with Crippen LogP contribution in [0.4, 0.5) is 0 Å². The number of benzene rings is 2. The Hall–Kier alpha value is -3.91. The van der Waals surface area contributed by atoms with E-state index in [1.54, 1.807) is 31.6 Å². The second-order valence-corrected chi connectivity index (χ2v) is 8.33. The first kappa shape index (κ1) is 24.2. The number of fused-ring (bicyclic) bond motifs is 1. The maximum absolute atomic E-state index is 13.1. The summed E-state index contributed by atoms with van der Waals surface area (Å²) >= 11 is 0. The Kier molecular flexibility index (Phi) is 7.62. The SMILES string of the molecule is CNC(=O)c1cc(C(=O)NCCc2cccnc2)cc2c1OC(C)[C@H]2c1cccc(OCCO)c1. The lowest BCUT2D eigenvalue weighted by Crippen LogP contribution is -2.27. The number of rotatable bonds is 9. The predicted octanol–water partition coefficient (Wildman–Crippen LogP) is 2.70. The molecule has 3 N–H and O–H groups in total. The lowest BCUT2D eigenvalue weighted by Gasteiger charge is -2.17. The fraction of sp³-hybridized carbons (Fsp3) is 0.296. The number of aliphatic hydroxyl groups is 1. The van der Waals surface area contributed by atoms with Gasteiger partial charge < -0.3 is 25.2 Å². The first-order valence-corrected chi connectivity index (χ1v) is 11.6. The summed E-state index contributed by atoms with van der Waals surface area (Å²) in [5.41, 5.74) is 3.45. The summed E-state index contributed by atoms with van der Waals surface area (Å²) in [7, 11) is 1.55. The lowest BCUT2D eigenvalue weighted by molar-refractivity contribution is 0.0954. The summed E-state index contributed by atoms with van der Waals surface area (Å²) in [5.74, 6) is 0.331. The van der Waals surface area contributed by atoms with Gasteiger partial charge in [-0.2, -0.15) is 0 Å². The maximum atomic E-state index is 13.1. The zero-order chi connectivity index (χ0) is 24.8. The molecule has 8 nitrogen and oxygen atoms in total. The number of pyridine rings is 1. The molecule has 0 aliphatic carbocycles. The number of nitrogens with zero attached hydrogens (tertiary/aromatic N) is 1. The third kappa shape index (κ3) is 5.44. The van der Waals surface area contributed by atoms with E-state index in [-0.39, 0.29) is 37.0 Å². The minimum atomic E-state index is -0.320. The van der Waals surface area contributed by atoms with Gasteiger partial charge in [-0.15, -0.1) is 0 Å². The second kappa shape index (κ2) is 11.0. The summed E-state index contributed by atoms with van der Waals surface area (Å²) < 4.78 is 11.7. The van der Waals surface area contributed by atoms with Crippen LogP contribution in [0, 0.1) is 0 Å². The minimum absolute atomic E-state index is 0.0786. The number of amides is 2. The molecule has 3 aromatic rings. The molecule has 0 bridgehead atoms. The average Bonchev–Trinajstić information content (AvgIpc) is 3.22. The molecule has 1 unspecified atom stereocenters. The summed E-state index contributed by atoms with van der Waals surface area (Å²) in [5, 5.41) is 14.7. The van der Waals surface area contributed by atoms with E-state index in [1.807, 2.05) is 43.3 Å². The number of nitrogens with one attached hydrogen (secondary N) is 2. The van der Waals surface area contributed by atoms with Crippen molar-refractivity contribution in [2.24, 2.45) is 0 Å². The van der Waals surface area contributed by atoms with E-state index in [2.05, 4.69) is 15.6 Å². The smallest absolute Gasteiger partial charge is 0.254 e. The molecule has 0 spiro atoms. The summed E-state index contributed by atoms with van der Waals surface area (Å²) in [6, 6.07) is 14.8. The van der Waals surface area contributed by atoms with E-state index in [9.17, 15) is 9.59 Å². The van der Waals surface area contributed by atoms with Gasteiger partial charge in [0.25, 0.3) is 11.8 Å². The van der Waals surface area contributed by atoms with Gasteiger partial charge in [-0.25, -0.2) is 0 Å². The molecule has 0 saturated heterocycles. The summed E-state index contributed by atoms with van der Waals surface area (Å²) in [4.78, 5) is 29.8. The Morgan fingerprint density at radius 2 is 2.00 bits per heavy atom. The van der Waals surface area contributed by atoms with Crippen molar-refractivity contribution in [3.8, 4) is 11.5 Å². The molecule has 0 fully saturated rings. The number of carbonyl (C=O) groups is 2. The molecule has 2 heterocycles. The highest BCUT2D eigenvalue weighted by Crippen LogP contribution is 2.45. The first-order valence-electron chi connectivity index (χ1n) is 11.6. The highest BCUT2D eigenvalue weighted by Gasteiger charge is 2.36. The lowest BCUT2D eigenvalue weighted by atomic mass is 9.86. The fourth-order valence-electron chi connectivity index (χ4n) is 4.34. The molecule has 182 valence electrons. The fourth-order valence-corrected chi connectivity index (χ4v) is 4.34. The molecule has 8 heteroatoms. The number of carbonyl (C=O) groups excluding carboxylic acids is 2. The van der Waals surface area contributed by atoms with Crippen LogP contribution in [0.25, 0.3) is 0 Å². The van der Waals surface area contributed by atoms with E-state index in [4.69, 9.17) is 14.6 Å². The molecule has 1 aliphatic rings. The summed E-state index contributed by atoms with van der Waals surface area (Å²) in [6.45, 7) is 2.50. The Balaban J connectivity index is 1.64. The largest absolute Gasteiger partial charge is 0.491 e. The van der Waals surface area contributed by atoms with Gasteiger partial charge >= 0.3 is 0 Å². The molecule has 35 heavy (non-hydrogen) atoms. The van der Waals surface area contributed by atoms with E-state index in [1.165, 1.54) is 0 Å². The quantitative estimate of drug-likeness (QED) is 0.439. The topological polar surface area (TPSA) is 110 Å². The maximum Gasteiger partial charge on any atom is 0.254 e.